The van der Waals surface area contributed by atoms with Crippen LogP contribution in [0.1, 0.15) is 50.3 Å². The van der Waals surface area contributed by atoms with Crippen LogP contribution in [0.5, 0.6) is 0 Å². The van der Waals surface area contributed by atoms with E-state index < -0.39 is 0 Å². The third kappa shape index (κ3) is 2.09. The van der Waals surface area contributed by atoms with Crippen LogP contribution in [0.2, 0.25) is 0 Å². The zero-order chi connectivity index (χ0) is 14.4. The Hall–Kier alpha value is -1.39. The molecule has 4 rings (SSSR count). The number of nitrogens with one attached hydrogen (secondary N) is 3. The number of nitrogens with zero attached hydrogens (tertiary/aromatic N) is 1. The number of hydrogen-bond donors (Lipinski definition) is 3. The number of pyridine rings is 1. The number of H-pyrrole nitrogens is 1. The molecule has 0 spiro atoms. The molecule has 2 aliphatic heterocycles. The van der Waals surface area contributed by atoms with Crippen LogP contribution < -0.4 is 10.6 Å². The van der Waals surface area contributed by atoms with Gasteiger partial charge in [-0.2, -0.15) is 0 Å². The molecule has 2 bridgehead atoms. The van der Waals surface area contributed by atoms with Crippen LogP contribution in [-0.4, -0.2) is 29.1 Å². The highest BCUT2D eigenvalue weighted by molar-refractivity contribution is 5.79. The van der Waals surface area contributed by atoms with Crippen LogP contribution >= 0.6 is 0 Å². The molecule has 21 heavy (non-hydrogen) atoms. The van der Waals surface area contributed by atoms with Gasteiger partial charge in [0, 0.05) is 25.3 Å². The largest absolute Gasteiger partial charge is 0.360 e. The van der Waals surface area contributed by atoms with E-state index in [-0.39, 0.29) is 5.54 Å². The Morgan fingerprint density at radius 2 is 2.24 bits per heavy atom. The van der Waals surface area contributed by atoms with Crippen LogP contribution in [0.4, 0.5) is 0 Å². The van der Waals surface area contributed by atoms with E-state index in [1.807, 2.05) is 0 Å². The first-order valence-corrected chi connectivity index (χ1v) is 8.15. The van der Waals surface area contributed by atoms with Gasteiger partial charge in [-0.15, -0.1) is 0 Å². The molecule has 3 N–H and O–H groups in total. The van der Waals surface area contributed by atoms with E-state index in [4.69, 9.17) is 4.98 Å². The minimum atomic E-state index is 0.0286. The summed E-state index contributed by atoms with van der Waals surface area (Å²) in [6.45, 7) is 6.54. The molecule has 2 unspecified atom stereocenters. The summed E-state index contributed by atoms with van der Waals surface area (Å²) in [6.07, 6.45) is 5.86. The highest BCUT2D eigenvalue weighted by atomic mass is 15.2. The molecule has 0 saturated carbocycles. The first-order chi connectivity index (χ1) is 10.2. The molecule has 4 heteroatoms. The molecule has 2 aromatic rings. The van der Waals surface area contributed by atoms with E-state index in [1.165, 1.54) is 30.5 Å². The Morgan fingerprint density at radius 1 is 1.33 bits per heavy atom. The molecular weight excluding hydrogens is 260 g/mol. The van der Waals surface area contributed by atoms with Gasteiger partial charge in [-0.3, -0.25) is 0 Å². The molecule has 0 aliphatic carbocycles. The number of fused-ring (bicyclic) bond motifs is 3. The highest BCUT2D eigenvalue weighted by Crippen LogP contribution is 2.34. The first-order valence-electron chi connectivity index (χ1n) is 8.15. The molecule has 0 aromatic carbocycles. The van der Waals surface area contributed by atoms with Gasteiger partial charge in [0.25, 0.3) is 0 Å². The van der Waals surface area contributed by atoms with Crippen molar-refractivity contribution in [1.82, 2.24) is 20.6 Å². The second-order valence-corrected chi connectivity index (χ2v) is 6.94. The molecule has 0 amide bonds. The molecule has 2 aromatic heterocycles. The Kier molecular flexibility index (Phi) is 3.05. The van der Waals surface area contributed by atoms with Crippen LogP contribution in [0, 0.1) is 0 Å². The lowest BCUT2D eigenvalue weighted by Gasteiger charge is -2.46. The molecule has 4 nitrogen and oxygen atoms in total. The molecule has 2 saturated heterocycles. The van der Waals surface area contributed by atoms with Crippen molar-refractivity contribution in [3.05, 3.63) is 29.6 Å². The lowest BCUT2D eigenvalue weighted by atomic mass is 9.80. The fourth-order valence-corrected chi connectivity index (χ4v) is 3.96. The predicted molar refractivity (Wildman–Crippen MR) is 85.5 cm³/mol. The van der Waals surface area contributed by atoms with Crippen molar-refractivity contribution in [2.75, 3.05) is 13.1 Å². The second kappa shape index (κ2) is 4.82. The monoisotopic (exact) mass is 284 g/mol. The predicted octanol–water partition coefficient (Wildman–Crippen LogP) is 2.63. The standard InChI is InChI=1S/C17H24N4/c1-11(2)13-9-19-14-5-6-15(20-16(13)14)17-7-3-4-12(21-17)8-18-10-17/h5-6,9,11-12,18-19,21H,3-4,7-8,10H2,1-2H3. The van der Waals surface area contributed by atoms with Crippen molar-refractivity contribution >= 4 is 11.0 Å². The Bertz CT molecular complexity index is 648. The zero-order valence-electron chi connectivity index (χ0n) is 12.9. The number of piperazine rings is 1. The van der Waals surface area contributed by atoms with Crippen molar-refractivity contribution in [3.63, 3.8) is 0 Å². The number of rotatable bonds is 2. The number of hydrogen-bond acceptors (Lipinski definition) is 3. The second-order valence-electron chi connectivity index (χ2n) is 6.94. The van der Waals surface area contributed by atoms with E-state index in [2.05, 4.69) is 47.8 Å². The third-order valence-electron chi connectivity index (χ3n) is 5.12. The van der Waals surface area contributed by atoms with Gasteiger partial charge in [0.1, 0.15) is 0 Å². The van der Waals surface area contributed by atoms with Crippen molar-refractivity contribution in [3.8, 4) is 0 Å². The molecular formula is C17H24N4. The summed E-state index contributed by atoms with van der Waals surface area (Å²) >= 11 is 0. The molecule has 2 atom stereocenters. The number of aromatic amines is 1. The Labute approximate surface area is 125 Å². The van der Waals surface area contributed by atoms with E-state index in [9.17, 15) is 0 Å². The molecule has 112 valence electrons. The van der Waals surface area contributed by atoms with Crippen LogP contribution in [0.3, 0.4) is 0 Å². The van der Waals surface area contributed by atoms with Crippen LogP contribution in [0.25, 0.3) is 11.0 Å². The van der Waals surface area contributed by atoms with E-state index in [0.29, 0.717) is 12.0 Å². The smallest absolute Gasteiger partial charge is 0.0917 e. The minimum Gasteiger partial charge on any atom is -0.360 e. The SMILES string of the molecule is CC(C)c1c[nH]c2ccc(C34CCCC(CNC3)N4)nc12. The molecule has 2 fully saturated rings. The van der Waals surface area contributed by atoms with Crippen molar-refractivity contribution < 1.29 is 0 Å². The topological polar surface area (TPSA) is 52.7 Å². The van der Waals surface area contributed by atoms with Gasteiger partial charge in [-0.1, -0.05) is 13.8 Å². The summed E-state index contributed by atoms with van der Waals surface area (Å²) in [5, 5.41) is 7.45. The van der Waals surface area contributed by atoms with Crippen molar-refractivity contribution in [1.29, 1.82) is 0 Å². The lowest BCUT2D eigenvalue weighted by molar-refractivity contribution is 0.154. The van der Waals surface area contributed by atoms with Gasteiger partial charge in [0.2, 0.25) is 0 Å². The average Bonchev–Trinajstić information content (AvgIpc) is 2.90. The number of piperidine rings is 1. The molecule has 4 heterocycles. The quantitative estimate of drug-likeness (QED) is 0.794. The van der Waals surface area contributed by atoms with Gasteiger partial charge in [0.05, 0.1) is 22.3 Å². The third-order valence-corrected chi connectivity index (χ3v) is 5.12. The summed E-state index contributed by atoms with van der Waals surface area (Å²) in [4.78, 5) is 8.41. The maximum Gasteiger partial charge on any atom is 0.0917 e. The van der Waals surface area contributed by atoms with Crippen LogP contribution in [-0.2, 0) is 5.54 Å². The zero-order valence-corrected chi connectivity index (χ0v) is 12.9. The summed E-state index contributed by atoms with van der Waals surface area (Å²) in [5.41, 5.74) is 4.84. The summed E-state index contributed by atoms with van der Waals surface area (Å²) in [7, 11) is 0. The Morgan fingerprint density at radius 3 is 3.10 bits per heavy atom. The summed E-state index contributed by atoms with van der Waals surface area (Å²) in [5.74, 6) is 0.496. The van der Waals surface area contributed by atoms with Crippen molar-refractivity contribution in [2.45, 2.75) is 50.6 Å². The fraction of sp³-hybridized carbons (Fsp3) is 0.588. The highest BCUT2D eigenvalue weighted by Gasteiger charge is 2.41. The van der Waals surface area contributed by atoms with Crippen LogP contribution in [0.15, 0.2) is 18.3 Å². The Balaban J connectivity index is 1.80. The van der Waals surface area contributed by atoms with E-state index in [0.717, 1.165) is 24.1 Å². The summed E-state index contributed by atoms with van der Waals surface area (Å²) in [6, 6.07) is 4.99. The summed E-state index contributed by atoms with van der Waals surface area (Å²) < 4.78 is 0. The maximum atomic E-state index is 5.06. The lowest BCUT2D eigenvalue weighted by Crippen LogP contribution is -2.64. The fourth-order valence-electron chi connectivity index (χ4n) is 3.96. The van der Waals surface area contributed by atoms with E-state index in [1.54, 1.807) is 0 Å². The minimum absolute atomic E-state index is 0.0286. The van der Waals surface area contributed by atoms with Crippen molar-refractivity contribution in [2.24, 2.45) is 0 Å². The van der Waals surface area contributed by atoms with E-state index >= 15 is 0 Å². The average molecular weight is 284 g/mol. The normalized spacial score (nSPS) is 29.2. The van der Waals surface area contributed by atoms with Gasteiger partial charge in [-0.25, -0.2) is 4.98 Å². The van der Waals surface area contributed by atoms with Gasteiger partial charge in [0.15, 0.2) is 0 Å². The van der Waals surface area contributed by atoms with Gasteiger partial charge in [-0.05, 0) is 42.9 Å². The molecule has 2 aliphatic rings. The first kappa shape index (κ1) is 13.3. The maximum absolute atomic E-state index is 5.06. The van der Waals surface area contributed by atoms with Gasteiger partial charge >= 0.3 is 0 Å². The molecule has 0 radical (unpaired) electrons. The van der Waals surface area contributed by atoms with Gasteiger partial charge < -0.3 is 15.6 Å². The number of aromatic nitrogens is 2.